The number of aryl methyl sites for hydroxylation is 1. The summed E-state index contributed by atoms with van der Waals surface area (Å²) in [5.41, 5.74) is 2.55. The number of aromatic nitrogens is 4. The van der Waals surface area contributed by atoms with Gasteiger partial charge in [-0.3, -0.25) is 0 Å². The Kier molecular flexibility index (Phi) is 5.33. The topological polar surface area (TPSA) is 83.3 Å². The second kappa shape index (κ2) is 8.58. The van der Waals surface area contributed by atoms with Gasteiger partial charge in [0, 0.05) is 31.2 Å². The Balaban J connectivity index is 1.41. The van der Waals surface area contributed by atoms with Crippen molar-refractivity contribution in [3.05, 3.63) is 67.1 Å². The zero-order valence-electron chi connectivity index (χ0n) is 17.9. The molecule has 1 aliphatic rings. The molecule has 3 heterocycles. The van der Waals surface area contributed by atoms with Crippen molar-refractivity contribution in [2.75, 3.05) is 25.6 Å². The van der Waals surface area contributed by atoms with E-state index in [9.17, 15) is 0 Å². The quantitative estimate of drug-likeness (QED) is 0.499. The molecule has 0 saturated carbocycles. The first-order valence-corrected chi connectivity index (χ1v) is 10.3. The number of hydrogen-bond acceptors (Lipinski definition) is 7. The number of nitrogens with one attached hydrogen (secondary N) is 1. The predicted octanol–water partition coefficient (Wildman–Crippen LogP) is 3.80. The fourth-order valence-electron chi connectivity index (χ4n) is 3.60. The summed E-state index contributed by atoms with van der Waals surface area (Å²) in [4.78, 5) is 13.8. The predicted molar refractivity (Wildman–Crippen MR) is 121 cm³/mol. The van der Waals surface area contributed by atoms with Gasteiger partial charge in [0.05, 0.1) is 13.7 Å². The zero-order valence-corrected chi connectivity index (χ0v) is 17.9. The van der Waals surface area contributed by atoms with Crippen molar-refractivity contribution in [3.8, 4) is 39.9 Å². The van der Waals surface area contributed by atoms with Gasteiger partial charge >= 0.3 is 0 Å². The summed E-state index contributed by atoms with van der Waals surface area (Å²) in [7, 11) is 3.59. The number of fused-ring (bicyclic) bond motifs is 1. The fraction of sp³-hybridized carbons (Fsp3) is 0.208. The Hall–Kier alpha value is -4.07. The lowest BCUT2D eigenvalue weighted by atomic mass is 10.0. The minimum atomic E-state index is -0.150. The van der Waals surface area contributed by atoms with E-state index in [1.807, 2.05) is 72.5 Å². The molecule has 32 heavy (non-hydrogen) atoms. The van der Waals surface area contributed by atoms with Gasteiger partial charge in [0.15, 0.2) is 17.3 Å². The van der Waals surface area contributed by atoms with E-state index in [2.05, 4.69) is 15.3 Å². The standard InChI is InChI=1S/C24H23N5O3/c1-29-11-10-25-23(29)22-19(16-6-5-7-17(12-16)30-2)14-27-24(28-22)26-13-18-15-31-20-8-3-4-9-21(20)32-18/h3-12,14,18H,13,15H2,1-2H3,(H,26,27,28). The van der Waals surface area contributed by atoms with Crippen LogP contribution >= 0.6 is 0 Å². The molecule has 0 spiro atoms. The monoisotopic (exact) mass is 429 g/mol. The largest absolute Gasteiger partial charge is 0.497 e. The molecule has 0 aliphatic carbocycles. The second-order valence-electron chi connectivity index (χ2n) is 7.43. The summed E-state index contributed by atoms with van der Waals surface area (Å²) in [5, 5.41) is 3.28. The highest BCUT2D eigenvalue weighted by molar-refractivity contribution is 5.78. The molecule has 8 heteroatoms. The van der Waals surface area contributed by atoms with Crippen molar-refractivity contribution >= 4 is 5.95 Å². The number of rotatable bonds is 6. The normalized spacial score (nSPS) is 14.8. The van der Waals surface area contributed by atoms with Gasteiger partial charge in [0.25, 0.3) is 0 Å². The van der Waals surface area contributed by atoms with Crippen molar-refractivity contribution in [1.29, 1.82) is 0 Å². The third kappa shape index (κ3) is 3.94. The fourth-order valence-corrected chi connectivity index (χ4v) is 3.60. The van der Waals surface area contributed by atoms with Gasteiger partial charge in [-0.05, 0) is 29.8 Å². The maximum atomic E-state index is 6.02. The molecule has 8 nitrogen and oxygen atoms in total. The molecule has 0 saturated heterocycles. The highest BCUT2D eigenvalue weighted by Crippen LogP contribution is 2.33. The highest BCUT2D eigenvalue weighted by atomic mass is 16.6. The van der Waals surface area contributed by atoms with Gasteiger partial charge in [0.2, 0.25) is 5.95 Å². The van der Waals surface area contributed by atoms with Crippen LogP contribution < -0.4 is 19.5 Å². The van der Waals surface area contributed by atoms with Crippen LogP contribution in [0.25, 0.3) is 22.6 Å². The molecule has 1 aliphatic heterocycles. The van der Waals surface area contributed by atoms with Crippen LogP contribution in [-0.2, 0) is 7.05 Å². The summed E-state index contributed by atoms with van der Waals surface area (Å²) >= 11 is 0. The Morgan fingerprint density at radius 1 is 1.12 bits per heavy atom. The number of methoxy groups -OCH3 is 1. The van der Waals surface area contributed by atoms with Crippen LogP contribution in [0.5, 0.6) is 17.2 Å². The molecule has 0 amide bonds. The highest BCUT2D eigenvalue weighted by Gasteiger charge is 2.21. The molecule has 0 radical (unpaired) electrons. The van der Waals surface area contributed by atoms with Crippen LogP contribution in [0, 0.1) is 0 Å². The summed E-state index contributed by atoms with van der Waals surface area (Å²) in [6.45, 7) is 0.963. The third-order valence-corrected chi connectivity index (χ3v) is 5.26. The summed E-state index contributed by atoms with van der Waals surface area (Å²) in [6.07, 6.45) is 5.31. The van der Waals surface area contributed by atoms with Crippen molar-refractivity contribution in [1.82, 2.24) is 19.5 Å². The number of para-hydroxylation sites is 2. The van der Waals surface area contributed by atoms with Crippen LogP contribution in [0.1, 0.15) is 0 Å². The summed E-state index contributed by atoms with van der Waals surface area (Å²) in [5.74, 6) is 3.52. The van der Waals surface area contributed by atoms with Gasteiger partial charge in [-0.2, -0.15) is 0 Å². The minimum Gasteiger partial charge on any atom is -0.497 e. The first-order valence-electron chi connectivity index (χ1n) is 10.3. The van der Waals surface area contributed by atoms with Gasteiger partial charge < -0.3 is 24.1 Å². The Morgan fingerprint density at radius 3 is 2.81 bits per heavy atom. The molecule has 5 rings (SSSR count). The van der Waals surface area contributed by atoms with Crippen LogP contribution in [0.2, 0.25) is 0 Å². The second-order valence-corrected chi connectivity index (χ2v) is 7.43. The average molecular weight is 429 g/mol. The van der Waals surface area contributed by atoms with Crippen molar-refractivity contribution in [3.63, 3.8) is 0 Å². The van der Waals surface area contributed by atoms with Gasteiger partial charge in [0.1, 0.15) is 24.2 Å². The Morgan fingerprint density at radius 2 is 2.00 bits per heavy atom. The van der Waals surface area contributed by atoms with E-state index < -0.39 is 0 Å². The number of imidazole rings is 1. The molecular formula is C24H23N5O3. The smallest absolute Gasteiger partial charge is 0.223 e. The molecule has 4 aromatic rings. The minimum absolute atomic E-state index is 0.150. The van der Waals surface area contributed by atoms with E-state index in [-0.39, 0.29) is 6.10 Å². The number of anilines is 1. The lowest BCUT2D eigenvalue weighted by Gasteiger charge is -2.26. The first-order chi connectivity index (χ1) is 15.7. The molecule has 1 N–H and O–H groups in total. The van der Waals surface area contributed by atoms with Crippen LogP contribution in [0.3, 0.4) is 0 Å². The third-order valence-electron chi connectivity index (χ3n) is 5.26. The Labute approximate surface area is 185 Å². The van der Waals surface area contributed by atoms with E-state index in [1.165, 1.54) is 0 Å². The molecule has 162 valence electrons. The van der Waals surface area contributed by atoms with E-state index in [0.29, 0.717) is 19.1 Å². The zero-order chi connectivity index (χ0) is 21.9. The average Bonchev–Trinajstić information content (AvgIpc) is 3.28. The number of ether oxygens (including phenoxy) is 3. The number of hydrogen-bond donors (Lipinski definition) is 1. The number of nitrogens with zero attached hydrogens (tertiary/aromatic N) is 4. The van der Waals surface area contributed by atoms with Crippen LogP contribution in [-0.4, -0.2) is 45.9 Å². The molecule has 0 bridgehead atoms. The molecule has 2 aromatic carbocycles. The van der Waals surface area contributed by atoms with E-state index >= 15 is 0 Å². The lowest BCUT2D eigenvalue weighted by molar-refractivity contribution is 0.0996. The van der Waals surface area contributed by atoms with E-state index in [1.54, 1.807) is 13.3 Å². The lowest BCUT2D eigenvalue weighted by Crippen LogP contribution is -2.35. The van der Waals surface area contributed by atoms with Crippen molar-refractivity contribution in [2.24, 2.45) is 7.05 Å². The SMILES string of the molecule is COc1cccc(-c2cnc(NCC3COc4ccccc4O3)nc2-c2nccn2C)c1. The van der Waals surface area contributed by atoms with Crippen LogP contribution in [0.15, 0.2) is 67.1 Å². The molecule has 1 unspecified atom stereocenters. The maximum absolute atomic E-state index is 6.02. The molecule has 2 aromatic heterocycles. The van der Waals surface area contributed by atoms with Crippen LogP contribution in [0.4, 0.5) is 5.95 Å². The van der Waals surface area contributed by atoms with Crippen molar-refractivity contribution < 1.29 is 14.2 Å². The van der Waals surface area contributed by atoms with Gasteiger partial charge in [-0.25, -0.2) is 15.0 Å². The summed E-state index contributed by atoms with van der Waals surface area (Å²) < 4.78 is 19.1. The van der Waals surface area contributed by atoms with Crippen molar-refractivity contribution in [2.45, 2.75) is 6.10 Å². The molecule has 1 atom stereocenters. The van der Waals surface area contributed by atoms with Gasteiger partial charge in [-0.1, -0.05) is 24.3 Å². The summed E-state index contributed by atoms with van der Waals surface area (Å²) in [6, 6.07) is 15.5. The van der Waals surface area contributed by atoms with Gasteiger partial charge in [-0.15, -0.1) is 0 Å². The van der Waals surface area contributed by atoms with E-state index in [0.717, 1.165) is 39.9 Å². The Bertz CT molecular complexity index is 1240. The maximum Gasteiger partial charge on any atom is 0.223 e. The van der Waals surface area contributed by atoms with E-state index in [4.69, 9.17) is 19.2 Å². The number of benzene rings is 2. The molecule has 0 fully saturated rings. The molecular weight excluding hydrogens is 406 g/mol. The first kappa shape index (κ1) is 19.9.